The molecular weight excluding hydrogens is 247 g/mol. The number of aromatic hydroxyl groups is 1. The minimum atomic E-state index is -0.559. The molecule has 1 aliphatic rings. The molecule has 1 heterocycles. The zero-order chi connectivity index (χ0) is 14.0. The fraction of sp³-hybridized carbons (Fsp3) is 0.500. The predicted octanol–water partition coefficient (Wildman–Crippen LogP) is 1.87. The molecule has 0 bridgehead atoms. The van der Waals surface area contributed by atoms with Crippen molar-refractivity contribution in [1.29, 1.82) is 0 Å². The Labute approximate surface area is 112 Å². The summed E-state index contributed by atoms with van der Waals surface area (Å²) in [6, 6.07) is 3.53. The largest absolute Gasteiger partial charge is 0.507 e. The summed E-state index contributed by atoms with van der Waals surface area (Å²) in [5.41, 5.74) is 5.85. The van der Waals surface area contributed by atoms with Crippen molar-refractivity contribution in [3.8, 4) is 5.75 Å². The van der Waals surface area contributed by atoms with Crippen LogP contribution in [0.5, 0.6) is 5.75 Å². The number of benzene rings is 1. The average Bonchev–Trinajstić information content (AvgIpc) is 2.37. The summed E-state index contributed by atoms with van der Waals surface area (Å²) in [5, 5.41) is 9.72. The first kappa shape index (κ1) is 13.8. The zero-order valence-corrected chi connectivity index (χ0v) is 11.0. The number of rotatable bonds is 2. The minimum absolute atomic E-state index is 0.0132. The molecule has 0 aromatic heterocycles. The number of nitrogens with two attached hydrogens (primary N) is 1. The van der Waals surface area contributed by atoms with E-state index in [1.54, 1.807) is 4.90 Å². The Morgan fingerprint density at radius 2 is 2.26 bits per heavy atom. The molecule has 1 aromatic carbocycles. The second-order valence-corrected chi connectivity index (χ2v) is 5.04. The molecule has 19 heavy (non-hydrogen) atoms. The van der Waals surface area contributed by atoms with Crippen LogP contribution >= 0.6 is 0 Å². The van der Waals surface area contributed by atoms with Crippen LogP contribution in [0, 0.1) is 5.82 Å². The fourth-order valence-electron chi connectivity index (χ4n) is 2.71. The van der Waals surface area contributed by atoms with Gasteiger partial charge < -0.3 is 15.7 Å². The Balaban J connectivity index is 2.30. The van der Waals surface area contributed by atoms with Crippen molar-refractivity contribution in [2.75, 3.05) is 6.54 Å². The average molecular weight is 266 g/mol. The molecule has 1 saturated heterocycles. The number of piperidine rings is 1. The number of phenols is 1. The van der Waals surface area contributed by atoms with Crippen LogP contribution in [0.1, 0.15) is 36.5 Å². The Hall–Kier alpha value is -1.62. The lowest BCUT2D eigenvalue weighted by Gasteiger charge is -2.40. The van der Waals surface area contributed by atoms with E-state index >= 15 is 0 Å². The van der Waals surface area contributed by atoms with E-state index in [9.17, 15) is 14.3 Å². The molecule has 1 aromatic rings. The van der Waals surface area contributed by atoms with E-state index in [1.165, 1.54) is 12.1 Å². The van der Waals surface area contributed by atoms with Gasteiger partial charge in [0.1, 0.15) is 11.6 Å². The Bertz CT molecular complexity index is 479. The van der Waals surface area contributed by atoms with Crippen molar-refractivity contribution in [3.63, 3.8) is 0 Å². The van der Waals surface area contributed by atoms with Gasteiger partial charge in [-0.3, -0.25) is 4.79 Å². The number of carbonyl (C=O) groups is 1. The summed E-state index contributed by atoms with van der Waals surface area (Å²) in [6.07, 6.45) is 2.83. The quantitative estimate of drug-likeness (QED) is 0.858. The fourth-order valence-corrected chi connectivity index (χ4v) is 2.71. The van der Waals surface area contributed by atoms with Crippen molar-refractivity contribution in [3.05, 3.63) is 29.6 Å². The molecule has 4 nitrogen and oxygen atoms in total. The number of halogens is 1. The highest BCUT2D eigenvalue weighted by molar-refractivity contribution is 5.97. The smallest absolute Gasteiger partial charge is 0.258 e. The third-order valence-corrected chi connectivity index (χ3v) is 3.72. The van der Waals surface area contributed by atoms with E-state index in [0.29, 0.717) is 6.54 Å². The maximum absolute atomic E-state index is 13.0. The maximum atomic E-state index is 13.0. The first-order valence-electron chi connectivity index (χ1n) is 6.56. The van der Waals surface area contributed by atoms with Crippen molar-refractivity contribution < 1.29 is 14.3 Å². The molecule has 2 rings (SSSR count). The lowest BCUT2D eigenvalue weighted by molar-refractivity contribution is 0.0491. The van der Waals surface area contributed by atoms with Gasteiger partial charge in [0, 0.05) is 24.7 Å². The number of hydrogen-bond donors (Lipinski definition) is 2. The van der Waals surface area contributed by atoms with Crippen LogP contribution in [0.4, 0.5) is 4.39 Å². The molecule has 0 saturated carbocycles. The molecule has 0 aliphatic carbocycles. The summed E-state index contributed by atoms with van der Waals surface area (Å²) in [6.45, 7) is 2.37. The predicted molar refractivity (Wildman–Crippen MR) is 70.4 cm³/mol. The summed E-state index contributed by atoms with van der Waals surface area (Å²) >= 11 is 0. The minimum Gasteiger partial charge on any atom is -0.507 e. The monoisotopic (exact) mass is 266 g/mol. The number of nitrogens with zero attached hydrogens (tertiary/aromatic N) is 1. The molecule has 0 spiro atoms. The van der Waals surface area contributed by atoms with Gasteiger partial charge in [-0.15, -0.1) is 0 Å². The summed E-state index contributed by atoms with van der Waals surface area (Å²) in [4.78, 5) is 14.2. The van der Waals surface area contributed by atoms with Crippen molar-refractivity contribution >= 4 is 5.91 Å². The van der Waals surface area contributed by atoms with E-state index in [2.05, 4.69) is 0 Å². The van der Waals surface area contributed by atoms with E-state index < -0.39 is 5.82 Å². The molecule has 2 atom stereocenters. The number of carbonyl (C=O) groups excluding carboxylic acids is 1. The van der Waals surface area contributed by atoms with Crippen molar-refractivity contribution in [2.24, 2.45) is 5.73 Å². The summed E-state index contributed by atoms with van der Waals surface area (Å²) in [7, 11) is 0. The lowest BCUT2D eigenvalue weighted by atomic mass is 9.95. The topological polar surface area (TPSA) is 66.6 Å². The maximum Gasteiger partial charge on any atom is 0.258 e. The molecule has 104 valence electrons. The second kappa shape index (κ2) is 5.57. The second-order valence-electron chi connectivity index (χ2n) is 5.04. The lowest BCUT2D eigenvalue weighted by Crippen LogP contribution is -2.51. The van der Waals surface area contributed by atoms with Crippen LogP contribution < -0.4 is 5.73 Å². The van der Waals surface area contributed by atoms with Gasteiger partial charge in [-0.2, -0.15) is 0 Å². The first-order valence-corrected chi connectivity index (χ1v) is 6.56. The van der Waals surface area contributed by atoms with Crippen molar-refractivity contribution in [1.82, 2.24) is 4.90 Å². The number of amides is 1. The van der Waals surface area contributed by atoms with Crippen LogP contribution in [-0.4, -0.2) is 34.5 Å². The van der Waals surface area contributed by atoms with Gasteiger partial charge in [-0.05, 0) is 38.3 Å². The first-order chi connectivity index (χ1) is 9.04. The Morgan fingerprint density at radius 3 is 2.89 bits per heavy atom. The molecule has 1 amide bonds. The highest BCUT2D eigenvalue weighted by atomic mass is 19.1. The molecule has 1 fully saturated rings. The van der Waals surface area contributed by atoms with Crippen LogP contribution in [0.3, 0.4) is 0 Å². The normalized spacial score (nSPS) is 23.4. The molecular formula is C14H19FN2O2. The molecule has 1 aliphatic heterocycles. The zero-order valence-electron chi connectivity index (χ0n) is 11.0. The Morgan fingerprint density at radius 1 is 1.53 bits per heavy atom. The van der Waals surface area contributed by atoms with Gasteiger partial charge in [0.15, 0.2) is 0 Å². The van der Waals surface area contributed by atoms with Crippen LogP contribution in [0.15, 0.2) is 18.2 Å². The van der Waals surface area contributed by atoms with E-state index in [0.717, 1.165) is 25.3 Å². The molecule has 5 heteroatoms. The summed E-state index contributed by atoms with van der Waals surface area (Å²) in [5.74, 6) is -1.16. The van der Waals surface area contributed by atoms with Crippen LogP contribution in [0.25, 0.3) is 0 Å². The molecule has 2 unspecified atom stereocenters. The summed E-state index contributed by atoms with van der Waals surface area (Å²) < 4.78 is 13.0. The van der Waals surface area contributed by atoms with E-state index in [4.69, 9.17) is 5.73 Å². The Kier molecular flexibility index (Phi) is 4.04. The number of hydrogen-bond acceptors (Lipinski definition) is 3. The third kappa shape index (κ3) is 2.71. The van der Waals surface area contributed by atoms with E-state index in [-0.39, 0.29) is 29.3 Å². The highest BCUT2D eigenvalue weighted by Gasteiger charge is 2.32. The van der Waals surface area contributed by atoms with E-state index in [1.807, 2.05) is 6.92 Å². The van der Waals surface area contributed by atoms with Gasteiger partial charge in [-0.1, -0.05) is 0 Å². The number of likely N-dealkylation sites (tertiary alicyclic amines) is 1. The molecule has 0 radical (unpaired) electrons. The van der Waals surface area contributed by atoms with Gasteiger partial charge in [0.2, 0.25) is 0 Å². The third-order valence-electron chi connectivity index (χ3n) is 3.72. The van der Waals surface area contributed by atoms with Crippen LogP contribution in [0.2, 0.25) is 0 Å². The van der Waals surface area contributed by atoms with Crippen LogP contribution in [-0.2, 0) is 0 Å². The SMILES string of the molecule is CC1CCCC(CN)N1C(=O)c1ccc(F)cc1O. The highest BCUT2D eigenvalue weighted by Crippen LogP contribution is 2.27. The van der Waals surface area contributed by atoms with Crippen molar-refractivity contribution in [2.45, 2.75) is 38.3 Å². The van der Waals surface area contributed by atoms with Gasteiger partial charge in [0.25, 0.3) is 5.91 Å². The van der Waals surface area contributed by atoms with Gasteiger partial charge in [0.05, 0.1) is 5.56 Å². The van der Waals surface area contributed by atoms with Gasteiger partial charge >= 0.3 is 0 Å². The standard InChI is InChI=1S/C14H19FN2O2/c1-9-3-2-4-11(8-16)17(9)14(19)12-6-5-10(15)7-13(12)18/h5-7,9,11,18H,2-4,8,16H2,1H3. The van der Waals surface area contributed by atoms with Gasteiger partial charge in [-0.25, -0.2) is 4.39 Å². The number of phenolic OH excluding ortho intramolecular Hbond substituents is 1. The molecule has 3 N–H and O–H groups in total.